The van der Waals surface area contributed by atoms with E-state index < -0.39 is 0 Å². The molecule has 0 aromatic heterocycles. The number of rotatable bonds is 2. The number of allylic oxidation sites excluding steroid dienone is 5. The molecule has 1 unspecified atom stereocenters. The summed E-state index contributed by atoms with van der Waals surface area (Å²) in [5, 5.41) is 7.14. The SMILES string of the molecule is C=C1C=CC=C(c2cc(C=N)c(N)cc2C)C1Cl. The zero-order chi connectivity index (χ0) is 13.3. The van der Waals surface area contributed by atoms with Gasteiger partial charge in [0.05, 0.1) is 5.38 Å². The van der Waals surface area contributed by atoms with Crippen molar-refractivity contribution in [1.29, 1.82) is 5.41 Å². The van der Waals surface area contributed by atoms with Crippen LogP contribution in [0.2, 0.25) is 0 Å². The molecule has 0 saturated heterocycles. The van der Waals surface area contributed by atoms with Gasteiger partial charge in [-0.25, -0.2) is 0 Å². The van der Waals surface area contributed by atoms with Gasteiger partial charge in [0.15, 0.2) is 0 Å². The second-order valence-electron chi connectivity index (χ2n) is 4.36. The van der Waals surface area contributed by atoms with Crippen molar-refractivity contribution < 1.29 is 0 Å². The van der Waals surface area contributed by atoms with Crippen molar-refractivity contribution in [1.82, 2.24) is 0 Å². The average Bonchev–Trinajstić information content (AvgIpc) is 2.34. The monoisotopic (exact) mass is 258 g/mol. The molecule has 1 aromatic carbocycles. The number of aryl methyl sites for hydroxylation is 1. The molecule has 1 atom stereocenters. The summed E-state index contributed by atoms with van der Waals surface area (Å²) in [7, 11) is 0. The Labute approximate surface area is 112 Å². The lowest BCUT2D eigenvalue weighted by atomic mass is 9.90. The minimum atomic E-state index is -0.226. The topological polar surface area (TPSA) is 49.9 Å². The summed E-state index contributed by atoms with van der Waals surface area (Å²) in [5.74, 6) is 0. The number of nitrogen functional groups attached to an aromatic ring is 1. The third kappa shape index (κ3) is 2.12. The third-order valence-corrected chi connectivity index (χ3v) is 3.60. The van der Waals surface area contributed by atoms with Crippen LogP contribution in [0.1, 0.15) is 16.7 Å². The number of anilines is 1. The fourth-order valence-electron chi connectivity index (χ4n) is 2.05. The highest BCUT2D eigenvalue weighted by molar-refractivity contribution is 6.29. The quantitative estimate of drug-likeness (QED) is 0.474. The first kappa shape index (κ1) is 12.7. The zero-order valence-corrected chi connectivity index (χ0v) is 11.0. The molecule has 0 heterocycles. The van der Waals surface area contributed by atoms with Crippen LogP contribution in [0.25, 0.3) is 5.57 Å². The highest BCUT2D eigenvalue weighted by Crippen LogP contribution is 2.34. The van der Waals surface area contributed by atoms with E-state index in [2.05, 4.69) is 6.58 Å². The second kappa shape index (κ2) is 4.83. The Bertz CT molecular complexity index is 582. The summed E-state index contributed by atoms with van der Waals surface area (Å²) in [6, 6.07) is 3.78. The van der Waals surface area contributed by atoms with Gasteiger partial charge in [-0.3, -0.25) is 0 Å². The predicted molar refractivity (Wildman–Crippen MR) is 79.4 cm³/mol. The number of hydrogen-bond acceptors (Lipinski definition) is 2. The molecule has 0 bridgehead atoms. The van der Waals surface area contributed by atoms with Crippen molar-refractivity contribution >= 4 is 29.1 Å². The van der Waals surface area contributed by atoms with Gasteiger partial charge in [-0.1, -0.05) is 24.8 Å². The zero-order valence-electron chi connectivity index (χ0n) is 10.2. The van der Waals surface area contributed by atoms with Gasteiger partial charge in [-0.15, -0.1) is 11.6 Å². The van der Waals surface area contributed by atoms with Crippen LogP contribution in [0.3, 0.4) is 0 Å². The van der Waals surface area contributed by atoms with Gasteiger partial charge in [0, 0.05) is 17.5 Å². The molecule has 1 aromatic rings. The molecule has 0 radical (unpaired) electrons. The van der Waals surface area contributed by atoms with Crippen LogP contribution in [0.15, 0.2) is 42.5 Å². The van der Waals surface area contributed by atoms with E-state index in [0.29, 0.717) is 11.3 Å². The highest BCUT2D eigenvalue weighted by atomic mass is 35.5. The standard InChI is InChI=1S/C15H15ClN2/c1-9-4-3-5-12(15(9)16)13-7-11(8-17)14(18)6-10(13)2/h3-8,15,17H,1,18H2,2H3. The largest absolute Gasteiger partial charge is 0.398 e. The van der Waals surface area contributed by atoms with Crippen molar-refractivity contribution in [3.8, 4) is 0 Å². The van der Waals surface area contributed by atoms with Gasteiger partial charge in [-0.05, 0) is 41.3 Å². The average molecular weight is 259 g/mol. The smallest absolute Gasteiger partial charge is 0.0835 e. The Kier molecular flexibility index (Phi) is 3.39. The van der Waals surface area contributed by atoms with Crippen LogP contribution >= 0.6 is 11.6 Å². The summed E-state index contributed by atoms with van der Waals surface area (Å²) >= 11 is 6.37. The highest BCUT2D eigenvalue weighted by Gasteiger charge is 2.19. The van der Waals surface area contributed by atoms with E-state index in [4.69, 9.17) is 22.7 Å². The molecular formula is C15H15ClN2. The molecule has 2 nitrogen and oxygen atoms in total. The number of benzene rings is 1. The van der Waals surface area contributed by atoms with Crippen LogP contribution in [-0.4, -0.2) is 11.6 Å². The second-order valence-corrected chi connectivity index (χ2v) is 4.80. The fraction of sp³-hybridized carbons (Fsp3) is 0.133. The molecule has 3 N–H and O–H groups in total. The van der Waals surface area contributed by atoms with Gasteiger partial charge in [0.25, 0.3) is 0 Å². The molecule has 3 heteroatoms. The van der Waals surface area contributed by atoms with E-state index in [1.54, 1.807) is 0 Å². The Morgan fingerprint density at radius 3 is 2.83 bits per heavy atom. The lowest BCUT2D eigenvalue weighted by molar-refractivity contribution is 1.27. The molecule has 0 saturated carbocycles. The number of nitrogens with one attached hydrogen (secondary N) is 1. The number of alkyl halides is 1. The van der Waals surface area contributed by atoms with Crippen molar-refractivity contribution in [2.45, 2.75) is 12.3 Å². The molecule has 18 heavy (non-hydrogen) atoms. The van der Waals surface area contributed by atoms with Crippen LogP contribution in [-0.2, 0) is 0 Å². The molecule has 0 amide bonds. The molecule has 0 aliphatic heterocycles. The fourth-order valence-corrected chi connectivity index (χ4v) is 2.32. The van der Waals surface area contributed by atoms with Crippen molar-refractivity contribution in [2.24, 2.45) is 0 Å². The summed E-state index contributed by atoms with van der Waals surface area (Å²) in [5.41, 5.74) is 11.1. The van der Waals surface area contributed by atoms with Crippen LogP contribution < -0.4 is 5.73 Å². The Morgan fingerprint density at radius 1 is 1.44 bits per heavy atom. The summed E-state index contributed by atoms with van der Waals surface area (Å²) in [4.78, 5) is 0. The molecule has 1 aliphatic carbocycles. The maximum absolute atomic E-state index is 7.37. The lowest BCUT2D eigenvalue weighted by Crippen LogP contribution is -2.09. The minimum absolute atomic E-state index is 0.226. The first-order valence-electron chi connectivity index (χ1n) is 5.66. The van der Waals surface area contributed by atoms with Crippen LogP contribution in [0.4, 0.5) is 5.69 Å². The lowest BCUT2D eigenvalue weighted by Gasteiger charge is -2.20. The first-order valence-corrected chi connectivity index (χ1v) is 6.10. The van der Waals surface area contributed by atoms with E-state index in [1.165, 1.54) is 6.21 Å². The number of halogens is 1. The van der Waals surface area contributed by atoms with Gasteiger partial charge in [0.2, 0.25) is 0 Å². The molecule has 92 valence electrons. The van der Waals surface area contributed by atoms with Crippen LogP contribution in [0.5, 0.6) is 0 Å². The third-order valence-electron chi connectivity index (χ3n) is 3.08. The van der Waals surface area contributed by atoms with Gasteiger partial charge >= 0.3 is 0 Å². The Morgan fingerprint density at radius 2 is 2.17 bits per heavy atom. The molecular weight excluding hydrogens is 244 g/mol. The maximum Gasteiger partial charge on any atom is 0.0835 e. The Balaban J connectivity index is 2.58. The van der Waals surface area contributed by atoms with Gasteiger partial charge in [-0.2, -0.15) is 0 Å². The van der Waals surface area contributed by atoms with Crippen molar-refractivity contribution in [3.05, 3.63) is 59.2 Å². The number of nitrogens with two attached hydrogens (primary N) is 1. The minimum Gasteiger partial charge on any atom is -0.398 e. The van der Waals surface area contributed by atoms with Gasteiger partial charge < -0.3 is 11.1 Å². The van der Waals surface area contributed by atoms with E-state index >= 15 is 0 Å². The Hall–Kier alpha value is -1.80. The maximum atomic E-state index is 7.37. The molecule has 1 aliphatic rings. The van der Waals surface area contributed by atoms with E-state index in [0.717, 1.165) is 22.3 Å². The summed E-state index contributed by atoms with van der Waals surface area (Å²) in [6.07, 6.45) is 7.09. The number of hydrogen-bond donors (Lipinski definition) is 2. The molecule has 0 spiro atoms. The normalized spacial score (nSPS) is 18.7. The van der Waals surface area contributed by atoms with Crippen molar-refractivity contribution in [2.75, 3.05) is 5.73 Å². The molecule has 0 fully saturated rings. The van der Waals surface area contributed by atoms with E-state index in [1.807, 2.05) is 37.3 Å². The summed E-state index contributed by atoms with van der Waals surface area (Å²) in [6.45, 7) is 5.92. The van der Waals surface area contributed by atoms with E-state index in [-0.39, 0.29) is 5.38 Å². The first-order chi connectivity index (χ1) is 8.54. The predicted octanol–water partition coefficient (Wildman–Crippen LogP) is 3.69. The molecule has 2 rings (SSSR count). The van der Waals surface area contributed by atoms with Crippen molar-refractivity contribution in [3.63, 3.8) is 0 Å². The van der Waals surface area contributed by atoms with Gasteiger partial charge in [0.1, 0.15) is 0 Å². The van der Waals surface area contributed by atoms with E-state index in [9.17, 15) is 0 Å². The van der Waals surface area contributed by atoms with Crippen LogP contribution in [0, 0.1) is 12.3 Å². The summed E-state index contributed by atoms with van der Waals surface area (Å²) < 4.78 is 0.